The predicted octanol–water partition coefficient (Wildman–Crippen LogP) is 3.83. The first-order valence-electron chi connectivity index (χ1n) is 9.80. The standard InChI is InChI=1S/C22H23N3O3S/c1-16-7-5-8-17(13-16)24-12-6-9-18(24)14-19-21(27)25(22(28)29-19)15-20(26)23-10-3-2-4-11-23/h5-9,12-14H,2-4,10-11,15H2,1H3. The van der Waals surface area contributed by atoms with Gasteiger partial charge in [-0.05, 0) is 73.9 Å². The molecule has 0 aliphatic carbocycles. The van der Waals surface area contributed by atoms with Crippen LogP contribution in [0, 0.1) is 6.92 Å². The number of hydrogen-bond acceptors (Lipinski definition) is 4. The Balaban J connectivity index is 1.53. The van der Waals surface area contributed by atoms with Crippen LogP contribution in [0.1, 0.15) is 30.5 Å². The van der Waals surface area contributed by atoms with Gasteiger partial charge in [-0.2, -0.15) is 0 Å². The van der Waals surface area contributed by atoms with Crippen molar-refractivity contribution in [3.05, 3.63) is 58.8 Å². The molecule has 29 heavy (non-hydrogen) atoms. The van der Waals surface area contributed by atoms with Gasteiger partial charge in [0.2, 0.25) is 5.91 Å². The number of thioether (sulfide) groups is 1. The number of amides is 3. The van der Waals surface area contributed by atoms with E-state index in [1.807, 2.05) is 48.0 Å². The van der Waals surface area contributed by atoms with E-state index < -0.39 is 5.91 Å². The highest BCUT2D eigenvalue weighted by molar-refractivity contribution is 8.18. The maximum Gasteiger partial charge on any atom is 0.294 e. The molecule has 4 rings (SSSR count). The largest absolute Gasteiger partial charge is 0.341 e. The lowest BCUT2D eigenvalue weighted by Crippen LogP contribution is -2.44. The highest BCUT2D eigenvalue weighted by Gasteiger charge is 2.37. The normalized spacial score (nSPS) is 18.7. The van der Waals surface area contributed by atoms with Gasteiger partial charge in [-0.1, -0.05) is 12.1 Å². The van der Waals surface area contributed by atoms with Gasteiger partial charge < -0.3 is 9.47 Å². The second kappa shape index (κ2) is 8.29. The molecular formula is C22H23N3O3S. The molecule has 1 aromatic heterocycles. The Hall–Kier alpha value is -2.80. The average Bonchev–Trinajstić information content (AvgIpc) is 3.29. The summed E-state index contributed by atoms with van der Waals surface area (Å²) in [5.41, 5.74) is 2.93. The Morgan fingerprint density at radius 1 is 1.10 bits per heavy atom. The van der Waals surface area contributed by atoms with Gasteiger partial charge in [0.25, 0.3) is 11.1 Å². The lowest BCUT2D eigenvalue weighted by Gasteiger charge is -2.27. The van der Waals surface area contributed by atoms with Gasteiger partial charge in [-0.3, -0.25) is 19.3 Å². The fourth-order valence-corrected chi connectivity index (χ4v) is 4.50. The minimum atomic E-state index is -0.401. The molecule has 0 bridgehead atoms. The highest BCUT2D eigenvalue weighted by Crippen LogP contribution is 2.32. The van der Waals surface area contributed by atoms with Crippen molar-refractivity contribution >= 4 is 34.9 Å². The van der Waals surface area contributed by atoms with Crippen LogP contribution in [-0.2, 0) is 9.59 Å². The van der Waals surface area contributed by atoms with Crippen LogP contribution in [0.2, 0.25) is 0 Å². The van der Waals surface area contributed by atoms with Crippen LogP contribution in [0.4, 0.5) is 4.79 Å². The Kier molecular flexibility index (Phi) is 5.58. The summed E-state index contributed by atoms with van der Waals surface area (Å²) in [6.07, 6.45) is 6.71. The van der Waals surface area contributed by atoms with Crippen molar-refractivity contribution in [3.8, 4) is 5.69 Å². The topological polar surface area (TPSA) is 62.6 Å². The molecule has 0 spiro atoms. The van der Waals surface area contributed by atoms with Gasteiger partial charge in [0.15, 0.2) is 0 Å². The first-order valence-corrected chi connectivity index (χ1v) is 10.6. The number of rotatable bonds is 4. The summed E-state index contributed by atoms with van der Waals surface area (Å²) in [6, 6.07) is 11.9. The van der Waals surface area contributed by atoms with Crippen LogP contribution in [0.3, 0.4) is 0 Å². The van der Waals surface area contributed by atoms with Gasteiger partial charge >= 0.3 is 0 Å². The van der Waals surface area contributed by atoms with Crippen LogP contribution >= 0.6 is 11.8 Å². The van der Waals surface area contributed by atoms with Crippen molar-refractivity contribution < 1.29 is 14.4 Å². The molecule has 2 aliphatic heterocycles. The number of aromatic nitrogens is 1. The molecule has 0 radical (unpaired) electrons. The quantitative estimate of drug-likeness (QED) is 0.720. The third kappa shape index (κ3) is 4.15. The Bertz CT molecular complexity index is 989. The maximum atomic E-state index is 12.8. The predicted molar refractivity (Wildman–Crippen MR) is 114 cm³/mol. The van der Waals surface area contributed by atoms with Crippen LogP contribution in [-0.4, -0.2) is 51.1 Å². The Labute approximate surface area is 174 Å². The van der Waals surface area contributed by atoms with Gasteiger partial charge in [0.1, 0.15) is 6.54 Å². The maximum absolute atomic E-state index is 12.8. The zero-order valence-corrected chi connectivity index (χ0v) is 17.2. The molecule has 0 N–H and O–H groups in total. The molecule has 2 fully saturated rings. The lowest BCUT2D eigenvalue weighted by atomic mass is 10.1. The number of carbonyl (C=O) groups is 3. The third-order valence-electron chi connectivity index (χ3n) is 5.21. The Morgan fingerprint density at radius 3 is 2.66 bits per heavy atom. The van der Waals surface area contributed by atoms with E-state index in [0.717, 1.165) is 52.9 Å². The van der Waals surface area contributed by atoms with Gasteiger partial charge in [-0.25, -0.2) is 0 Å². The van der Waals surface area contributed by atoms with Crippen molar-refractivity contribution in [2.24, 2.45) is 0 Å². The van der Waals surface area contributed by atoms with Crippen LogP contribution < -0.4 is 0 Å². The zero-order chi connectivity index (χ0) is 20.4. The summed E-state index contributed by atoms with van der Waals surface area (Å²) >= 11 is 0.890. The summed E-state index contributed by atoms with van der Waals surface area (Å²) < 4.78 is 1.97. The SMILES string of the molecule is Cc1cccc(-n2cccc2C=C2SC(=O)N(CC(=O)N3CCCCC3)C2=O)c1. The second-order valence-electron chi connectivity index (χ2n) is 7.35. The van der Waals surface area contributed by atoms with E-state index in [1.165, 1.54) is 0 Å². The molecule has 0 saturated carbocycles. The van der Waals surface area contributed by atoms with Crippen molar-refractivity contribution in [3.63, 3.8) is 0 Å². The van der Waals surface area contributed by atoms with Crippen LogP contribution in [0.5, 0.6) is 0 Å². The summed E-state index contributed by atoms with van der Waals surface area (Å²) in [4.78, 5) is 40.8. The summed E-state index contributed by atoms with van der Waals surface area (Å²) in [5.74, 6) is -0.557. The molecule has 6 nitrogen and oxygen atoms in total. The number of hydrogen-bond donors (Lipinski definition) is 0. The van der Waals surface area contributed by atoms with E-state index in [-0.39, 0.29) is 17.7 Å². The zero-order valence-electron chi connectivity index (χ0n) is 16.3. The molecule has 0 atom stereocenters. The van der Waals surface area contributed by atoms with Gasteiger partial charge in [-0.15, -0.1) is 0 Å². The van der Waals surface area contributed by atoms with E-state index in [4.69, 9.17) is 0 Å². The fraction of sp³-hybridized carbons (Fsp3) is 0.318. The minimum absolute atomic E-state index is 0.156. The first-order chi connectivity index (χ1) is 14.0. The molecule has 2 aromatic rings. The summed E-state index contributed by atoms with van der Waals surface area (Å²) in [7, 11) is 0. The molecule has 2 saturated heterocycles. The summed E-state index contributed by atoms with van der Waals surface area (Å²) in [5, 5.41) is -0.389. The van der Waals surface area contributed by atoms with Crippen molar-refractivity contribution in [2.45, 2.75) is 26.2 Å². The number of likely N-dealkylation sites (tertiary alicyclic amines) is 1. The Morgan fingerprint density at radius 2 is 1.90 bits per heavy atom. The van der Waals surface area contributed by atoms with E-state index in [9.17, 15) is 14.4 Å². The molecule has 150 valence electrons. The van der Waals surface area contributed by atoms with Crippen LogP contribution in [0.15, 0.2) is 47.5 Å². The van der Waals surface area contributed by atoms with Gasteiger partial charge in [0, 0.05) is 30.7 Å². The number of carbonyl (C=O) groups excluding carboxylic acids is 3. The average molecular weight is 410 g/mol. The molecule has 2 aliphatic rings. The van der Waals surface area contributed by atoms with Crippen LogP contribution in [0.25, 0.3) is 11.8 Å². The van der Waals surface area contributed by atoms with Gasteiger partial charge in [0.05, 0.1) is 4.91 Å². The minimum Gasteiger partial charge on any atom is -0.341 e. The number of piperidine rings is 1. The molecule has 0 unspecified atom stereocenters. The molecule has 3 amide bonds. The number of benzene rings is 1. The fourth-order valence-electron chi connectivity index (χ4n) is 3.67. The second-order valence-corrected chi connectivity index (χ2v) is 8.34. The highest BCUT2D eigenvalue weighted by atomic mass is 32.2. The van der Waals surface area contributed by atoms with E-state index in [1.54, 1.807) is 11.0 Å². The molecule has 3 heterocycles. The third-order valence-corrected chi connectivity index (χ3v) is 6.12. The van der Waals surface area contributed by atoms with E-state index in [0.29, 0.717) is 18.0 Å². The smallest absolute Gasteiger partial charge is 0.294 e. The lowest BCUT2D eigenvalue weighted by molar-refractivity contribution is -0.136. The van der Waals surface area contributed by atoms with Crippen molar-refractivity contribution in [1.29, 1.82) is 0 Å². The first kappa shape index (κ1) is 19.5. The number of imide groups is 1. The summed E-state index contributed by atoms with van der Waals surface area (Å²) in [6.45, 7) is 3.25. The monoisotopic (exact) mass is 409 g/mol. The number of aryl methyl sites for hydroxylation is 1. The van der Waals surface area contributed by atoms with E-state index in [2.05, 4.69) is 6.07 Å². The van der Waals surface area contributed by atoms with Crippen molar-refractivity contribution in [1.82, 2.24) is 14.4 Å². The molecule has 1 aromatic carbocycles. The molecule has 7 heteroatoms. The number of nitrogens with zero attached hydrogens (tertiary/aromatic N) is 3. The molecular weight excluding hydrogens is 386 g/mol. The van der Waals surface area contributed by atoms with Crippen molar-refractivity contribution in [2.75, 3.05) is 19.6 Å². The van der Waals surface area contributed by atoms with E-state index >= 15 is 0 Å².